The first-order valence-corrected chi connectivity index (χ1v) is 13.5. The van der Waals surface area contributed by atoms with E-state index in [2.05, 4.69) is 93.7 Å². The Labute approximate surface area is 162 Å². The molecule has 0 saturated carbocycles. The van der Waals surface area contributed by atoms with Crippen LogP contribution in [0.5, 0.6) is 0 Å². The molecule has 3 aromatic rings. The zero-order chi connectivity index (χ0) is 18.5. The fourth-order valence-corrected chi connectivity index (χ4v) is 7.32. The van der Waals surface area contributed by atoms with Crippen LogP contribution in [0.1, 0.15) is 30.5 Å². The van der Waals surface area contributed by atoms with E-state index in [1.165, 1.54) is 38.6 Å². The number of hydrogen-bond acceptors (Lipinski definition) is 0. The maximum absolute atomic E-state index is 7.00. The van der Waals surface area contributed by atoms with Crippen molar-refractivity contribution in [1.29, 1.82) is 0 Å². The molecule has 4 rings (SSSR count). The van der Waals surface area contributed by atoms with E-state index in [1.807, 2.05) is 0 Å². The fraction of sp³-hybridized carbons (Fsp3) is 0.250. The highest BCUT2D eigenvalue weighted by Crippen LogP contribution is 2.49. The summed E-state index contributed by atoms with van der Waals surface area (Å²) in [5, 5.41) is 2.60. The number of benzene rings is 3. The maximum atomic E-state index is 7.00. The first-order valence-electron chi connectivity index (χ1n) is 9.39. The van der Waals surface area contributed by atoms with Crippen LogP contribution in [-0.2, 0) is 0 Å². The van der Waals surface area contributed by atoms with Gasteiger partial charge in [0.25, 0.3) is 0 Å². The number of allylic oxidation sites excluding steroid dienone is 1. The Kier molecular flexibility index (Phi) is 4.33. The third-order valence-corrected chi connectivity index (χ3v) is 8.20. The van der Waals surface area contributed by atoms with Crippen LogP contribution in [0.2, 0.25) is 13.1 Å². The van der Waals surface area contributed by atoms with E-state index < -0.39 is 7.38 Å². The molecule has 0 N–H and O–H groups in total. The van der Waals surface area contributed by atoms with Crippen molar-refractivity contribution >= 4 is 35.3 Å². The molecule has 3 aromatic carbocycles. The average molecular weight is 377 g/mol. The van der Waals surface area contributed by atoms with Crippen molar-refractivity contribution in [2.45, 2.75) is 32.5 Å². The maximum Gasteiger partial charge on any atom is 0.161 e. The number of hydrogen-bond donors (Lipinski definition) is 0. The van der Waals surface area contributed by atoms with Gasteiger partial charge < -0.3 is 0 Å². The van der Waals surface area contributed by atoms with Crippen molar-refractivity contribution in [2.75, 3.05) is 0 Å². The zero-order valence-corrected chi connectivity index (χ0v) is 17.6. The average Bonchev–Trinajstić information content (AvgIpc) is 3.01. The van der Waals surface area contributed by atoms with Gasteiger partial charge in [-0.2, -0.15) is 11.1 Å². The minimum absolute atomic E-state index is 0.397. The van der Waals surface area contributed by atoms with Crippen LogP contribution in [-0.4, -0.2) is 7.38 Å². The van der Waals surface area contributed by atoms with E-state index in [0.29, 0.717) is 11.5 Å². The standard InChI is InChI=1S/C24H25ClSi/c1-16(2)22-15-23-20(13-8-14-21(23)24(22)26(3,4)25)19-12-7-10-17-9-5-6-11-18(17)19/h5-16,24H,1-4H3. The predicted molar refractivity (Wildman–Crippen MR) is 118 cm³/mol. The van der Waals surface area contributed by atoms with E-state index in [9.17, 15) is 0 Å². The molecule has 0 amide bonds. The minimum atomic E-state index is -1.87. The molecule has 26 heavy (non-hydrogen) atoms. The molecular formula is C24H25ClSi. The van der Waals surface area contributed by atoms with Crippen molar-refractivity contribution in [3.63, 3.8) is 0 Å². The van der Waals surface area contributed by atoms with Crippen LogP contribution >= 0.6 is 11.1 Å². The fourth-order valence-electron chi connectivity index (χ4n) is 4.39. The summed E-state index contributed by atoms with van der Waals surface area (Å²) in [6.45, 7) is 9.13. The first kappa shape index (κ1) is 17.6. The second kappa shape index (κ2) is 6.40. The summed E-state index contributed by atoms with van der Waals surface area (Å²) in [5.74, 6) is 0.512. The molecule has 0 fully saturated rings. The van der Waals surface area contributed by atoms with Crippen molar-refractivity contribution < 1.29 is 0 Å². The van der Waals surface area contributed by atoms with Gasteiger partial charge in [0.1, 0.15) is 0 Å². The highest BCUT2D eigenvalue weighted by atomic mass is 35.6. The van der Waals surface area contributed by atoms with Gasteiger partial charge in [0, 0.05) is 5.54 Å². The normalized spacial score (nSPS) is 16.8. The van der Waals surface area contributed by atoms with Gasteiger partial charge >= 0.3 is 0 Å². The second-order valence-corrected chi connectivity index (χ2v) is 14.8. The van der Waals surface area contributed by atoms with Crippen LogP contribution in [0.15, 0.2) is 66.2 Å². The van der Waals surface area contributed by atoms with Crippen LogP contribution in [0.25, 0.3) is 28.0 Å². The predicted octanol–water partition coefficient (Wildman–Crippen LogP) is 7.63. The van der Waals surface area contributed by atoms with Gasteiger partial charge in [-0.3, -0.25) is 0 Å². The Balaban J connectivity index is 1.99. The Bertz CT molecular complexity index is 1000. The third kappa shape index (κ3) is 2.84. The molecule has 0 nitrogen and oxygen atoms in total. The summed E-state index contributed by atoms with van der Waals surface area (Å²) in [6, 6.07) is 22.0. The van der Waals surface area contributed by atoms with Gasteiger partial charge in [0.15, 0.2) is 7.38 Å². The van der Waals surface area contributed by atoms with Crippen molar-refractivity contribution in [1.82, 2.24) is 0 Å². The minimum Gasteiger partial charge on any atom is -0.167 e. The number of rotatable bonds is 3. The van der Waals surface area contributed by atoms with Crippen LogP contribution < -0.4 is 0 Å². The zero-order valence-electron chi connectivity index (χ0n) is 15.9. The number of fused-ring (bicyclic) bond motifs is 2. The van der Waals surface area contributed by atoms with Gasteiger partial charge in [-0.25, -0.2) is 0 Å². The van der Waals surface area contributed by atoms with E-state index in [4.69, 9.17) is 11.1 Å². The molecule has 1 aliphatic carbocycles. The molecule has 0 aliphatic heterocycles. The van der Waals surface area contributed by atoms with Crippen molar-refractivity contribution in [2.24, 2.45) is 5.92 Å². The molecule has 0 saturated heterocycles. The Morgan fingerprint density at radius 2 is 1.50 bits per heavy atom. The molecule has 1 aliphatic rings. The summed E-state index contributed by atoms with van der Waals surface area (Å²) in [4.78, 5) is 0. The van der Waals surface area contributed by atoms with Crippen LogP contribution in [0.3, 0.4) is 0 Å². The molecular weight excluding hydrogens is 352 g/mol. The van der Waals surface area contributed by atoms with Crippen LogP contribution in [0.4, 0.5) is 0 Å². The molecule has 1 atom stereocenters. The Hall–Kier alpha value is -1.83. The summed E-state index contributed by atoms with van der Waals surface area (Å²) in [5.41, 5.74) is 7.34. The summed E-state index contributed by atoms with van der Waals surface area (Å²) >= 11 is 7.00. The van der Waals surface area contributed by atoms with Gasteiger partial charge in [-0.1, -0.05) is 99.3 Å². The lowest BCUT2D eigenvalue weighted by atomic mass is 9.93. The SMILES string of the molecule is CC(C)C1=Cc2c(-c3cccc4ccccc34)cccc2C1[Si](C)(C)Cl. The third-order valence-electron chi connectivity index (χ3n) is 5.53. The summed E-state index contributed by atoms with van der Waals surface area (Å²) in [7, 11) is -1.87. The Morgan fingerprint density at radius 3 is 2.23 bits per heavy atom. The van der Waals surface area contributed by atoms with E-state index >= 15 is 0 Å². The van der Waals surface area contributed by atoms with Gasteiger partial charge in [0.2, 0.25) is 0 Å². The molecule has 0 bridgehead atoms. The van der Waals surface area contributed by atoms with Crippen LogP contribution in [0, 0.1) is 5.92 Å². The molecule has 0 spiro atoms. The molecule has 0 heterocycles. The number of halogens is 1. The summed E-state index contributed by atoms with van der Waals surface area (Å²) < 4.78 is 0. The van der Waals surface area contributed by atoms with Gasteiger partial charge in [0.05, 0.1) is 0 Å². The Morgan fingerprint density at radius 1 is 0.846 bits per heavy atom. The molecule has 132 valence electrons. The molecule has 1 unspecified atom stereocenters. The largest absolute Gasteiger partial charge is 0.167 e. The summed E-state index contributed by atoms with van der Waals surface area (Å²) in [6.07, 6.45) is 2.43. The monoisotopic (exact) mass is 376 g/mol. The quantitative estimate of drug-likeness (QED) is 0.325. The first-order chi connectivity index (χ1) is 12.4. The van der Waals surface area contributed by atoms with Gasteiger partial charge in [-0.05, 0) is 38.9 Å². The second-order valence-electron chi connectivity index (χ2n) is 8.13. The lowest BCUT2D eigenvalue weighted by Crippen LogP contribution is -2.30. The van der Waals surface area contributed by atoms with E-state index in [-0.39, 0.29) is 0 Å². The molecule has 0 aromatic heterocycles. The van der Waals surface area contributed by atoms with Crippen molar-refractivity contribution in [3.05, 3.63) is 77.4 Å². The molecule has 0 radical (unpaired) electrons. The highest BCUT2D eigenvalue weighted by Gasteiger charge is 2.40. The van der Waals surface area contributed by atoms with E-state index in [1.54, 1.807) is 0 Å². The smallest absolute Gasteiger partial charge is 0.161 e. The lowest BCUT2D eigenvalue weighted by molar-refractivity contribution is 0.739. The lowest BCUT2D eigenvalue weighted by Gasteiger charge is -2.28. The molecule has 2 heteroatoms. The van der Waals surface area contributed by atoms with Crippen molar-refractivity contribution in [3.8, 4) is 11.1 Å². The highest BCUT2D eigenvalue weighted by molar-refractivity contribution is 7.20. The topological polar surface area (TPSA) is 0 Å². The van der Waals surface area contributed by atoms with E-state index in [0.717, 1.165) is 0 Å². The van der Waals surface area contributed by atoms with Gasteiger partial charge in [-0.15, -0.1) is 0 Å².